The fourth-order valence-electron chi connectivity index (χ4n) is 3.77. The molecule has 0 aliphatic carbocycles. The van der Waals surface area contributed by atoms with E-state index in [-0.39, 0.29) is 6.10 Å². The van der Waals surface area contributed by atoms with Gasteiger partial charge in [0.15, 0.2) is 5.16 Å². The van der Waals surface area contributed by atoms with Crippen molar-refractivity contribution in [3.8, 4) is 0 Å². The Balaban J connectivity index is 1.48. The first kappa shape index (κ1) is 21.2. The van der Waals surface area contributed by atoms with Gasteiger partial charge >= 0.3 is 0 Å². The number of nitrogens with zero attached hydrogens (tertiary/aromatic N) is 4. The standard InChI is InChI=1S/C23H30N4O2S/c1-17-7-4-5-8-19(17)16-30-23-25-24-22(27(23)14-20-9-6-12-28-20)15-26(3)13-21-11-10-18(2)29-21/h4-5,7-8,10-11,20H,6,9,12-16H2,1-3H3. The number of thioether (sulfide) groups is 1. The molecule has 160 valence electrons. The van der Waals surface area contributed by atoms with E-state index in [0.29, 0.717) is 6.54 Å². The summed E-state index contributed by atoms with van der Waals surface area (Å²) in [5, 5.41) is 10.0. The highest BCUT2D eigenvalue weighted by Crippen LogP contribution is 2.26. The highest BCUT2D eigenvalue weighted by Gasteiger charge is 2.22. The molecule has 0 radical (unpaired) electrons. The Bertz CT molecular complexity index is 962. The number of aromatic nitrogens is 3. The number of hydrogen-bond acceptors (Lipinski definition) is 6. The summed E-state index contributed by atoms with van der Waals surface area (Å²) in [6.07, 6.45) is 2.47. The summed E-state index contributed by atoms with van der Waals surface area (Å²) in [5.74, 6) is 3.77. The van der Waals surface area contributed by atoms with Crippen LogP contribution in [0.15, 0.2) is 46.0 Å². The van der Waals surface area contributed by atoms with E-state index in [1.807, 2.05) is 19.1 Å². The molecule has 0 amide bonds. The van der Waals surface area contributed by atoms with E-state index in [4.69, 9.17) is 9.15 Å². The Kier molecular flexibility index (Phi) is 6.92. The van der Waals surface area contributed by atoms with E-state index < -0.39 is 0 Å². The normalized spacial score (nSPS) is 16.6. The predicted molar refractivity (Wildman–Crippen MR) is 118 cm³/mol. The lowest BCUT2D eigenvalue weighted by Gasteiger charge is -2.18. The van der Waals surface area contributed by atoms with Crippen LogP contribution in [0.3, 0.4) is 0 Å². The van der Waals surface area contributed by atoms with Crippen molar-refractivity contribution >= 4 is 11.8 Å². The van der Waals surface area contributed by atoms with E-state index in [1.54, 1.807) is 11.8 Å². The zero-order chi connectivity index (χ0) is 20.9. The summed E-state index contributed by atoms with van der Waals surface area (Å²) in [5.41, 5.74) is 2.64. The summed E-state index contributed by atoms with van der Waals surface area (Å²) in [6.45, 7) is 7.25. The van der Waals surface area contributed by atoms with Gasteiger partial charge in [-0.3, -0.25) is 4.90 Å². The van der Waals surface area contributed by atoms with Gasteiger partial charge in [0.1, 0.15) is 17.3 Å². The van der Waals surface area contributed by atoms with Crippen molar-refractivity contribution in [2.45, 2.75) is 63.3 Å². The van der Waals surface area contributed by atoms with Crippen molar-refractivity contribution < 1.29 is 9.15 Å². The van der Waals surface area contributed by atoms with Gasteiger partial charge in [-0.25, -0.2) is 0 Å². The van der Waals surface area contributed by atoms with Crippen LogP contribution in [0.5, 0.6) is 0 Å². The van der Waals surface area contributed by atoms with Gasteiger partial charge in [-0.2, -0.15) is 0 Å². The third-order valence-electron chi connectivity index (χ3n) is 5.45. The van der Waals surface area contributed by atoms with Gasteiger partial charge in [0, 0.05) is 12.4 Å². The van der Waals surface area contributed by atoms with Crippen molar-refractivity contribution in [1.82, 2.24) is 19.7 Å². The lowest BCUT2D eigenvalue weighted by Crippen LogP contribution is -2.23. The first-order valence-corrected chi connectivity index (χ1v) is 11.5. The minimum atomic E-state index is 0.246. The van der Waals surface area contributed by atoms with Crippen molar-refractivity contribution in [1.29, 1.82) is 0 Å². The monoisotopic (exact) mass is 426 g/mol. The van der Waals surface area contributed by atoms with Gasteiger partial charge < -0.3 is 13.7 Å². The summed E-state index contributed by atoms with van der Waals surface area (Å²) in [6, 6.07) is 12.6. The first-order valence-electron chi connectivity index (χ1n) is 10.5. The first-order chi connectivity index (χ1) is 14.6. The van der Waals surface area contributed by atoms with E-state index >= 15 is 0 Å². The van der Waals surface area contributed by atoms with E-state index in [0.717, 1.165) is 60.8 Å². The second-order valence-corrected chi connectivity index (χ2v) is 8.99. The lowest BCUT2D eigenvalue weighted by atomic mass is 10.1. The van der Waals surface area contributed by atoms with Gasteiger partial charge in [0.05, 0.1) is 25.7 Å². The van der Waals surface area contributed by atoms with E-state index in [2.05, 4.69) is 57.9 Å². The van der Waals surface area contributed by atoms with Crippen molar-refractivity contribution in [3.63, 3.8) is 0 Å². The third kappa shape index (κ3) is 5.33. The summed E-state index contributed by atoms with van der Waals surface area (Å²) in [4.78, 5) is 2.21. The zero-order valence-electron chi connectivity index (χ0n) is 18.0. The molecule has 30 heavy (non-hydrogen) atoms. The molecule has 1 aliphatic heterocycles. The molecule has 1 atom stereocenters. The predicted octanol–water partition coefficient (Wildman–Crippen LogP) is 4.59. The minimum absolute atomic E-state index is 0.246. The Labute approximate surface area is 182 Å². The third-order valence-corrected chi connectivity index (χ3v) is 6.47. The van der Waals surface area contributed by atoms with Crippen LogP contribution in [0.1, 0.15) is 41.3 Å². The average Bonchev–Trinajstić information content (AvgIpc) is 3.46. The Morgan fingerprint density at radius 1 is 1.13 bits per heavy atom. The Morgan fingerprint density at radius 2 is 2.00 bits per heavy atom. The smallest absolute Gasteiger partial charge is 0.191 e. The fourth-order valence-corrected chi connectivity index (χ4v) is 4.81. The molecule has 7 heteroatoms. The molecule has 3 heterocycles. The topological polar surface area (TPSA) is 56.3 Å². The van der Waals surface area contributed by atoms with Crippen molar-refractivity contribution in [3.05, 3.63) is 64.9 Å². The summed E-state index contributed by atoms with van der Waals surface area (Å²) < 4.78 is 13.9. The van der Waals surface area contributed by atoms with Gasteiger partial charge in [0.25, 0.3) is 0 Å². The number of rotatable bonds is 9. The fraction of sp³-hybridized carbons (Fsp3) is 0.478. The maximum Gasteiger partial charge on any atom is 0.191 e. The quantitative estimate of drug-likeness (QED) is 0.467. The molecule has 1 saturated heterocycles. The molecule has 2 aromatic heterocycles. The Hall–Kier alpha value is -2.09. The largest absolute Gasteiger partial charge is 0.465 e. The minimum Gasteiger partial charge on any atom is -0.465 e. The number of aryl methyl sites for hydroxylation is 2. The molecule has 1 unspecified atom stereocenters. The molecular formula is C23H30N4O2S. The van der Waals surface area contributed by atoms with Crippen LogP contribution in [-0.2, 0) is 30.1 Å². The summed E-state index contributed by atoms with van der Waals surface area (Å²) in [7, 11) is 2.09. The molecule has 0 N–H and O–H groups in total. The second kappa shape index (κ2) is 9.81. The van der Waals surface area contributed by atoms with E-state index in [1.165, 1.54) is 11.1 Å². The number of hydrogen-bond donors (Lipinski definition) is 0. The van der Waals surface area contributed by atoms with Gasteiger partial charge in [-0.1, -0.05) is 36.0 Å². The number of furan rings is 1. The average molecular weight is 427 g/mol. The van der Waals surface area contributed by atoms with Crippen LogP contribution in [0.2, 0.25) is 0 Å². The molecule has 1 fully saturated rings. The van der Waals surface area contributed by atoms with Crippen LogP contribution < -0.4 is 0 Å². The number of ether oxygens (including phenoxy) is 1. The summed E-state index contributed by atoms with van der Waals surface area (Å²) >= 11 is 1.75. The van der Waals surface area contributed by atoms with Crippen LogP contribution in [0, 0.1) is 13.8 Å². The van der Waals surface area contributed by atoms with Crippen molar-refractivity contribution in [2.75, 3.05) is 13.7 Å². The van der Waals surface area contributed by atoms with Gasteiger partial charge in [-0.05, 0) is 57.0 Å². The molecular weight excluding hydrogens is 396 g/mol. The van der Waals surface area contributed by atoms with Gasteiger partial charge in [-0.15, -0.1) is 10.2 Å². The second-order valence-electron chi connectivity index (χ2n) is 8.04. The Morgan fingerprint density at radius 3 is 2.73 bits per heavy atom. The molecule has 0 spiro atoms. The molecule has 0 bridgehead atoms. The van der Waals surface area contributed by atoms with Crippen LogP contribution in [0.25, 0.3) is 0 Å². The lowest BCUT2D eigenvalue weighted by molar-refractivity contribution is 0.0933. The molecule has 1 aliphatic rings. The van der Waals surface area contributed by atoms with Crippen molar-refractivity contribution in [2.24, 2.45) is 0 Å². The number of benzene rings is 1. The van der Waals surface area contributed by atoms with Crippen LogP contribution in [0.4, 0.5) is 0 Å². The highest BCUT2D eigenvalue weighted by molar-refractivity contribution is 7.98. The maximum absolute atomic E-state index is 5.91. The maximum atomic E-state index is 5.91. The molecule has 4 rings (SSSR count). The SMILES string of the molecule is Cc1ccc(CN(C)Cc2nnc(SCc3ccccc3C)n2CC2CCCO2)o1. The van der Waals surface area contributed by atoms with Crippen LogP contribution >= 0.6 is 11.8 Å². The molecule has 6 nitrogen and oxygen atoms in total. The highest BCUT2D eigenvalue weighted by atomic mass is 32.2. The molecule has 3 aromatic rings. The van der Waals surface area contributed by atoms with Gasteiger partial charge in [0.2, 0.25) is 0 Å². The van der Waals surface area contributed by atoms with E-state index in [9.17, 15) is 0 Å². The zero-order valence-corrected chi connectivity index (χ0v) is 18.8. The molecule has 1 aromatic carbocycles. The molecule has 0 saturated carbocycles. The van der Waals surface area contributed by atoms with Crippen LogP contribution in [-0.4, -0.2) is 39.4 Å².